The Morgan fingerprint density at radius 1 is 1.50 bits per heavy atom. The summed E-state index contributed by atoms with van der Waals surface area (Å²) in [5.74, 6) is -0.359. The van der Waals surface area contributed by atoms with Crippen molar-refractivity contribution >= 4 is 39.0 Å². The Hall–Kier alpha value is -1.18. The van der Waals surface area contributed by atoms with Gasteiger partial charge in [0, 0.05) is 18.2 Å². The number of nitrogens with zero attached hydrogens (tertiary/aromatic N) is 1. The van der Waals surface area contributed by atoms with E-state index in [0.29, 0.717) is 4.47 Å². The first-order valence-electron chi connectivity index (χ1n) is 4.72. The SMILES string of the molecule is COCC(=O)COc1c(Br)cc(Cl)cc1[N+](=O)[O-]. The van der Waals surface area contributed by atoms with Crippen molar-refractivity contribution in [3.63, 3.8) is 0 Å². The summed E-state index contributed by atoms with van der Waals surface area (Å²) in [5.41, 5.74) is -0.306. The van der Waals surface area contributed by atoms with E-state index in [4.69, 9.17) is 16.3 Å². The molecule has 0 unspecified atom stereocenters. The van der Waals surface area contributed by atoms with Crippen LogP contribution in [0.1, 0.15) is 0 Å². The molecule has 8 heteroatoms. The van der Waals surface area contributed by atoms with E-state index < -0.39 is 4.92 Å². The van der Waals surface area contributed by atoms with Crippen molar-refractivity contribution in [3.8, 4) is 5.75 Å². The summed E-state index contributed by atoms with van der Waals surface area (Å²) in [7, 11) is 1.37. The zero-order chi connectivity index (χ0) is 13.7. The zero-order valence-electron chi connectivity index (χ0n) is 9.31. The molecular weight excluding hydrogens is 329 g/mol. The van der Waals surface area contributed by atoms with Crippen molar-refractivity contribution < 1.29 is 19.2 Å². The smallest absolute Gasteiger partial charge is 0.313 e. The largest absolute Gasteiger partial charge is 0.478 e. The Bertz CT molecular complexity index is 480. The summed E-state index contributed by atoms with van der Waals surface area (Å²) in [4.78, 5) is 21.4. The zero-order valence-corrected chi connectivity index (χ0v) is 11.7. The van der Waals surface area contributed by atoms with Gasteiger partial charge in [0.1, 0.15) is 13.2 Å². The van der Waals surface area contributed by atoms with Gasteiger partial charge in [0.25, 0.3) is 0 Å². The van der Waals surface area contributed by atoms with Gasteiger partial charge < -0.3 is 9.47 Å². The number of carbonyl (C=O) groups is 1. The van der Waals surface area contributed by atoms with Gasteiger partial charge in [0.2, 0.25) is 5.75 Å². The van der Waals surface area contributed by atoms with Crippen LogP contribution >= 0.6 is 27.5 Å². The molecule has 0 saturated carbocycles. The van der Waals surface area contributed by atoms with Crippen molar-refractivity contribution in [2.75, 3.05) is 20.3 Å². The maximum Gasteiger partial charge on any atom is 0.313 e. The molecule has 0 fully saturated rings. The van der Waals surface area contributed by atoms with Crippen LogP contribution in [0.3, 0.4) is 0 Å². The van der Waals surface area contributed by atoms with E-state index in [1.54, 1.807) is 0 Å². The molecule has 1 aromatic carbocycles. The van der Waals surface area contributed by atoms with Crippen molar-refractivity contribution in [3.05, 3.63) is 31.7 Å². The fourth-order valence-corrected chi connectivity index (χ4v) is 2.09. The molecule has 0 saturated heterocycles. The minimum Gasteiger partial charge on any atom is -0.478 e. The molecule has 0 radical (unpaired) electrons. The van der Waals surface area contributed by atoms with Gasteiger partial charge >= 0.3 is 5.69 Å². The maximum atomic E-state index is 11.2. The summed E-state index contributed by atoms with van der Waals surface area (Å²) in [5, 5.41) is 11.0. The Morgan fingerprint density at radius 3 is 2.72 bits per heavy atom. The van der Waals surface area contributed by atoms with E-state index in [2.05, 4.69) is 20.7 Å². The molecule has 1 aromatic rings. The van der Waals surface area contributed by atoms with Crippen LogP contribution in [-0.2, 0) is 9.53 Å². The van der Waals surface area contributed by atoms with E-state index in [1.165, 1.54) is 13.2 Å². The van der Waals surface area contributed by atoms with E-state index in [-0.39, 0.29) is 35.5 Å². The highest BCUT2D eigenvalue weighted by Crippen LogP contribution is 2.37. The Labute approximate surface area is 116 Å². The van der Waals surface area contributed by atoms with Crippen molar-refractivity contribution in [2.45, 2.75) is 0 Å². The number of nitro benzene ring substituents is 1. The van der Waals surface area contributed by atoms with Crippen LogP contribution in [0.2, 0.25) is 5.02 Å². The molecule has 18 heavy (non-hydrogen) atoms. The highest BCUT2D eigenvalue weighted by molar-refractivity contribution is 9.10. The highest BCUT2D eigenvalue weighted by atomic mass is 79.9. The van der Waals surface area contributed by atoms with Crippen LogP contribution in [0.4, 0.5) is 5.69 Å². The maximum absolute atomic E-state index is 11.2. The second-order valence-corrected chi connectivity index (χ2v) is 4.54. The van der Waals surface area contributed by atoms with Crippen molar-refractivity contribution in [1.82, 2.24) is 0 Å². The molecular formula is C10H9BrClNO5. The summed E-state index contributed by atoms with van der Waals surface area (Å²) in [6, 6.07) is 2.60. The third-order valence-electron chi connectivity index (χ3n) is 1.87. The number of nitro groups is 1. The predicted molar refractivity (Wildman–Crippen MR) is 68.2 cm³/mol. The molecule has 0 bridgehead atoms. The molecule has 0 amide bonds. The molecule has 0 aliphatic rings. The summed E-state index contributed by atoms with van der Waals surface area (Å²) >= 11 is 8.80. The van der Waals surface area contributed by atoms with Gasteiger partial charge in [-0.3, -0.25) is 14.9 Å². The lowest BCUT2D eigenvalue weighted by molar-refractivity contribution is -0.385. The quantitative estimate of drug-likeness (QED) is 0.588. The normalized spacial score (nSPS) is 10.2. The van der Waals surface area contributed by atoms with Crippen LogP contribution in [0.25, 0.3) is 0 Å². The minimum atomic E-state index is -0.632. The number of carbonyl (C=O) groups excluding carboxylic acids is 1. The van der Waals surface area contributed by atoms with E-state index in [0.717, 1.165) is 6.07 Å². The molecule has 0 aromatic heterocycles. The van der Waals surface area contributed by atoms with E-state index in [9.17, 15) is 14.9 Å². The molecule has 0 aliphatic heterocycles. The topological polar surface area (TPSA) is 78.7 Å². The molecule has 1 rings (SSSR count). The second-order valence-electron chi connectivity index (χ2n) is 3.25. The van der Waals surface area contributed by atoms with Crippen LogP contribution in [0, 0.1) is 10.1 Å². The van der Waals surface area contributed by atoms with Gasteiger partial charge in [0.15, 0.2) is 5.78 Å². The van der Waals surface area contributed by atoms with Gasteiger partial charge in [-0.2, -0.15) is 0 Å². The molecule has 0 N–H and O–H groups in total. The summed E-state index contributed by atoms with van der Waals surface area (Å²) in [6.07, 6.45) is 0. The number of hydrogen-bond acceptors (Lipinski definition) is 5. The van der Waals surface area contributed by atoms with Gasteiger partial charge in [-0.05, 0) is 22.0 Å². The lowest BCUT2D eigenvalue weighted by Gasteiger charge is -2.08. The average molecular weight is 339 g/mol. The summed E-state index contributed by atoms with van der Waals surface area (Å²) < 4.78 is 10.1. The fourth-order valence-electron chi connectivity index (χ4n) is 1.18. The molecule has 0 heterocycles. The van der Waals surface area contributed by atoms with Gasteiger partial charge in [0.05, 0.1) is 9.40 Å². The number of Topliss-reactive ketones (excluding diaryl/α,β-unsaturated/α-hetero) is 1. The first kappa shape index (κ1) is 14.9. The number of methoxy groups -OCH3 is 1. The summed E-state index contributed by atoms with van der Waals surface area (Å²) in [6.45, 7) is -0.423. The molecule has 6 nitrogen and oxygen atoms in total. The van der Waals surface area contributed by atoms with Crippen LogP contribution in [0.5, 0.6) is 5.75 Å². The minimum absolute atomic E-state index is 0.0335. The van der Waals surface area contributed by atoms with Crippen molar-refractivity contribution in [2.24, 2.45) is 0 Å². The van der Waals surface area contributed by atoms with Gasteiger partial charge in [-0.1, -0.05) is 11.6 Å². The third kappa shape index (κ3) is 3.94. The van der Waals surface area contributed by atoms with Gasteiger partial charge in [-0.15, -0.1) is 0 Å². The molecule has 0 atom stereocenters. The molecule has 0 spiro atoms. The number of rotatable bonds is 6. The average Bonchev–Trinajstić information content (AvgIpc) is 2.27. The standard InChI is InChI=1S/C10H9BrClNO5/c1-17-4-7(14)5-18-10-8(11)2-6(12)3-9(10)13(15)16/h2-3H,4-5H2,1H3. The lowest BCUT2D eigenvalue weighted by atomic mass is 10.3. The number of halogens is 2. The number of benzene rings is 1. The molecule has 98 valence electrons. The second kappa shape index (κ2) is 6.67. The number of ether oxygens (including phenoxy) is 2. The Morgan fingerprint density at radius 2 is 2.17 bits per heavy atom. The van der Waals surface area contributed by atoms with E-state index >= 15 is 0 Å². The Kier molecular flexibility index (Phi) is 5.52. The van der Waals surface area contributed by atoms with Gasteiger partial charge in [-0.25, -0.2) is 0 Å². The van der Waals surface area contributed by atoms with Crippen LogP contribution < -0.4 is 4.74 Å². The predicted octanol–water partition coefficient (Wildman–Crippen LogP) is 2.61. The lowest BCUT2D eigenvalue weighted by Crippen LogP contribution is -2.16. The fraction of sp³-hybridized carbons (Fsp3) is 0.300. The first-order valence-corrected chi connectivity index (χ1v) is 5.89. The third-order valence-corrected chi connectivity index (χ3v) is 2.68. The number of ketones is 1. The first-order chi connectivity index (χ1) is 8.45. The molecule has 0 aliphatic carbocycles. The van der Waals surface area contributed by atoms with E-state index in [1.807, 2.05) is 0 Å². The Balaban J connectivity index is 2.93. The number of hydrogen-bond donors (Lipinski definition) is 0. The highest BCUT2D eigenvalue weighted by Gasteiger charge is 2.20. The van der Waals surface area contributed by atoms with Crippen LogP contribution in [0.15, 0.2) is 16.6 Å². The monoisotopic (exact) mass is 337 g/mol. The van der Waals surface area contributed by atoms with Crippen LogP contribution in [-0.4, -0.2) is 31.0 Å². The van der Waals surface area contributed by atoms with Crippen molar-refractivity contribution in [1.29, 1.82) is 0 Å².